The Labute approximate surface area is 163 Å². The predicted molar refractivity (Wildman–Crippen MR) is 112 cm³/mol. The van der Waals surface area contributed by atoms with Crippen LogP contribution in [0.1, 0.15) is 43.2 Å². The Morgan fingerprint density at radius 3 is 2.43 bits per heavy atom. The number of nitrogens with one attached hydrogen (secondary N) is 1. The number of carbonyl (C=O) groups excluding carboxylic acids is 1. The van der Waals surface area contributed by atoms with Gasteiger partial charge in [-0.25, -0.2) is 10.1 Å². The lowest BCUT2D eigenvalue weighted by Gasteiger charge is -2.19. The number of hydrogen-bond donors (Lipinski definition) is 1. The highest BCUT2D eigenvalue weighted by Gasteiger charge is 2.19. The van der Waals surface area contributed by atoms with E-state index in [-0.39, 0.29) is 16.7 Å². The summed E-state index contributed by atoms with van der Waals surface area (Å²) in [6.45, 7) is 6.45. The van der Waals surface area contributed by atoms with Crippen molar-refractivity contribution in [3.05, 3.63) is 76.2 Å². The van der Waals surface area contributed by atoms with Crippen molar-refractivity contribution in [3.63, 3.8) is 0 Å². The molecule has 0 saturated heterocycles. The molecule has 0 unspecified atom stereocenters. The number of carbonyl (C=O) groups is 1. The minimum atomic E-state index is -0.443. The molecule has 0 saturated carbocycles. The maximum Gasteiger partial charge on any atom is 0.292 e. The van der Waals surface area contributed by atoms with Crippen LogP contribution >= 0.6 is 0 Å². The summed E-state index contributed by atoms with van der Waals surface area (Å²) in [6.07, 6.45) is 2.44. The van der Waals surface area contributed by atoms with E-state index in [4.69, 9.17) is 0 Å². The second-order valence-electron chi connectivity index (χ2n) is 7.21. The quantitative estimate of drug-likeness (QED) is 0.528. The molecule has 3 aromatic rings. The molecule has 1 N–H and O–H groups in total. The van der Waals surface area contributed by atoms with Gasteiger partial charge < -0.3 is 0 Å². The van der Waals surface area contributed by atoms with Crippen LogP contribution in [-0.4, -0.2) is 21.9 Å². The van der Waals surface area contributed by atoms with Crippen molar-refractivity contribution in [1.82, 2.24) is 15.2 Å². The summed E-state index contributed by atoms with van der Waals surface area (Å²) in [5.41, 5.74) is 3.31. The van der Waals surface area contributed by atoms with Gasteiger partial charge in [0.05, 0.1) is 5.39 Å². The van der Waals surface area contributed by atoms with Gasteiger partial charge in [0, 0.05) is 23.6 Å². The number of benzene rings is 2. The number of aryl methyl sites for hydroxylation is 1. The van der Waals surface area contributed by atoms with Gasteiger partial charge in [-0.2, -0.15) is 10.2 Å². The van der Waals surface area contributed by atoms with E-state index in [1.54, 1.807) is 30.5 Å². The summed E-state index contributed by atoms with van der Waals surface area (Å²) in [5.74, 6) is -0.443. The van der Waals surface area contributed by atoms with E-state index in [1.807, 2.05) is 51.1 Å². The summed E-state index contributed by atoms with van der Waals surface area (Å²) in [7, 11) is 0. The fraction of sp³-hybridized carbons (Fsp3) is 0.273. The van der Waals surface area contributed by atoms with Gasteiger partial charge in [-0.05, 0) is 18.1 Å². The smallest absolute Gasteiger partial charge is 0.267 e. The molecule has 0 fully saturated rings. The molecule has 1 heterocycles. The summed E-state index contributed by atoms with van der Waals surface area (Å²) in [6, 6.07) is 16.9. The fourth-order valence-corrected chi connectivity index (χ4v) is 3.01. The molecule has 0 aliphatic rings. The van der Waals surface area contributed by atoms with Crippen molar-refractivity contribution in [2.75, 3.05) is 0 Å². The van der Waals surface area contributed by atoms with Crippen LogP contribution in [0.5, 0.6) is 0 Å². The highest BCUT2D eigenvalue weighted by molar-refractivity contribution is 6.04. The van der Waals surface area contributed by atoms with E-state index < -0.39 is 5.91 Å². The first-order valence-corrected chi connectivity index (χ1v) is 9.34. The molecule has 0 aliphatic carbocycles. The van der Waals surface area contributed by atoms with Crippen LogP contribution in [0.3, 0.4) is 0 Å². The lowest BCUT2D eigenvalue weighted by Crippen LogP contribution is -2.29. The molecule has 28 heavy (non-hydrogen) atoms. The first-order valence-electron chi connectivity index (χ1n) is 9.34. The molecule has 6 nitrogen and oxygen atoms in total. The van der Waals surface area contributed by atoms with Crippen molar-refractivity contribution in [2.24, 2.45) is 5.10 Å². The molecular weight excluding hydrogens is 352 g/mol. The van der Waals surface area contributed by atoms with Crippen molar-refractivity contribution in [2.45, 2.75) is 39.2 Å². The molecule has 0 aliphatic heterocycles. The third kappa shape index (κ3) is 4.01. The van der Waals surface area contributed by atoms with Crippen molar-refractivity contribution in [3.8, 4) is 0 Å². The Hall–Kier alpha value is -3.28. The lowest BCUT2D eigenvalue weighted by molar-refractivity contribution is 0.0949. The average molecular weight is 376 g/mol. The Morgan fingerprint density at radius 2 is 1.75 bits per heavy atom. The van der Waals surface area contributed by atoms with E-state index in [0.717, 1.165) is 12.0 Å². The topological polar surface area (TPSA) is 76.3 Å². The first-order chi connectivity index (χ1) is 13.4. The largest absolute Gasteiger partial charge is 0.292 e. The number of rotatable bonds is 6. The van der Waals surface area contributed by atoms with Crippen LogP contribution in [0.25, 0.3) is 10.8 Å². The van der Waals surface area contributed by atoms with Crippen LogP contribution in [0.2, 0.25) is 0 Å². The molecule has 0 radical (unpaired) electrons. The molecule has 3 rings (SSSR count). The van der Waals surface area contributed by atoms with Crippen molar-refractivity contribution >= 4 is 22.9 Å². The van der Waals surface area contributed by atoms with E-state index in [9.17, 15) is 9.59 Å². The Morgan fingerprint density at radius 1 is 1.11 bits per heavy atom. The van der Waals surface area contributed by atoms with Gasteiger partial charge in [0.25, 0.3) is 11.5 Å². The van der Waals surface area contributed by atoms with Gasteiger partial charge in [-0.1, -0.05) is 69.3 Å². The van der Waals surface area contributed by atoms with Gasteiger partial charge >= 0.3 is 0 Å². The Balaban J connectivity index is 1.89. The molecule has 144 valence electrons. The fourth-order valence-electron chi connectivity index (χ4n) is 3.01. The van der Waals surface area contributed by atoms with Gasteiger partial charge in [0.15, 0.2) is 5.69 Å². The normalized spacial score (nSPS) is 11.8. The van der Waals surface area contributed by atoms with E-state index in [0.29, 0.717) is 17.3 Å². The number of amides is 1. The Bertz CT molecular complexity index is 1070. The van der Waals surface area contributed by atoms with Gasteiger partial charge in [0.1, 0.15) is 0 Å². The molecule has 0 bridgehead atoms. The van der Waals surface area contributed by atoms with Crippen LogP contribution in [-0.2, 0) is 12.0 Å². The number of hydrogen-bond acceptors (Lipinski definition) is 4. The van der Waals surface area contributed by atoms with E-state index in [2.05, 4.69) is 15.6 Å². The number of fused-ring (bicyclic) bond motifs is 1. The zero-order valence-electron chi connectivity index (χ0n) is 16.3. The lowest BCUT2D eigenvalue weighted by atomic mass is 9.86. The zero-order chi connectivity index (χ0) is 20.1. The van der Waals surface area contributed by atoms with Crippen molar-refractivity contribution in [1.29, 1.82) is 0 Å². The van der Waals surface area contributed by atoms with Gasteiger partial charge in [-0.3, -0.25) is 9.59 Å². The maximum atomic E-state index is 12.7. The second kappa shape index (κ2) is 8.17. The predicted octanol–water partition coefficient (Wildman–Crippen LogP) is 3.50. The summed E-state index contributed by atoms with van der Waals surface area (Å²) in [4.78, 5) is 25.3. The van der Waals surface area contributed by atoms with Crippen LogP contribution < -0.4 is 11.0 Å². The summed E-state index contributed by atoms with van der Waals surface area (Å²) in [5, 5.41) is 9.43. The number of hydrazone groups is 1. The van der Waals surface area contributed by atoms with Crippen LogP contribution in [0.4, 0.5) is 0 Å². The van der Waals surface area contributed by atoms with E-state index >= 15 is 0 Å². The molecule has 2 aromatic carbocycles. The highest BCUT2D eigenvalue weighted by atomic mass is 16.2. The molecule has 0 atom stereocenters. The number of nitrogens with zero attached hydrogens (tertiary/aromatic N) is 3. The van der Waals surface area contributed by atoms with Crippen LogP contribution in [0, 0.1) is 0 Å². The molecule has 1 aromatic heterocycles. The third-order valence-corrected chi connectivity index (χ3v) is 4.59. The second-order valence-corrected chi connectivity index (χ2v) is 7.21. The van der Waals surface area contributed by atoms with Gasteiger partial charge in [-0.15, -0.1) is 0 Å². The maximum absolute atomic E-state index is 12.7. The zero-order valence-corrected chi connectivity index (χ0v) is 16.3. The van der Waals surface area contributed by atoms with Crippen molar-refractivity contribution < 1.29 is 4.79 Å². The average Bonchev–Trinajstić information content (AvgIpc) is 2.70. The Kier molecular flexibility index (Phi) is 5.68. The molecule has 1 amide bonds. The molecular formula is C22H24N4O2. The summed E-state index contributed by atoms with van der Waals surface area (Å²) >= 11 is 0. The monoisotopic (exact) mass is 376 g/mol. The standard InChI is InChI=1S/C22H24N4O2/c1-4-14-26-21(28)18-13-9-8-12-17(18)19(25-26)20(27)24-23-15-22(2,3)16-10-6-5-7-11-16/h5-13,15H,4,14H2,1-3H3,(H,24,27)/b23-15+. The molecule has 0 spiro atoms. The highest BCUT2D eigenvalue weighted by Crippen LogP contribution is 2.20. The first kappa shape index (κ1) is 19.5. The number of aromatic nitrogens is 2. The minimum absolute atomic E-state index is 0.192. The summed E-state index contributed by atoms with van der Waals surface area (Å²) < 4.78 is 1.34. The SMILES string of the molecule is CCCn1nc(C(=O)N/N=C/C(C)(C)c2ccccc2)c2ccccc2c1=O. The third-order valence-electron chi connectivity index (χ3n) is 4.59. The van der Waals surface area contributed by atoms with Crippen LogP contribution in [0.15, 0.2) is 64.5 Å². The van der Waals surface area contributed by atoms with Gasteiger partial charge in [0.2, 0.25) is 0 Å². The molecule has 6 heteroatoms. The minimum Gasteiger partial charge on any atom is -0.267 e. The van der Waals surface area contributed by atoms with E-state index in [1.165, 1.54) is 4.68 Å².